The Labute approximate surface area is 147 Å². The van der Waals surface area contributed by atoms with Gasteiger partial charge in [-0.1, -0.05) is 36.3 Å². The lowest BCUT2D eigenvalue weighted by molar-refractivity contribution is -0.142. The Morgan fingerprint density at radius 2 is 1.96 bits per heavy atom. The molecule has 0 bridgehead atoms. The fourth-order valence-corrected chi connectivity index (χ4v) is 3.35. The first kappa shape index (κ1) is 17.6. The van der Waals surface area contributed by atoms with Gasteiger partial charge in [0.1, 0.15) is 0 Å². The van der Waals surface area contributed by atoms with Crippen molar-refractivity contribution in [2.24, 2.45) is 5.92 Å². The number of carboxylic acid groups (broad SMARTS) is 1. The molecule has 1 aliphatic carbocycles. The summed E-state index contributed by atoms with van der Waals surface area (Å²) in [6.07, 6.45) is 4.17. The summed E-state index contributed by atoms with van der Waals surface area (Å²) in [6.45, 7) is 4.12. The van der Waals surface area contributed by atoms with Crippen LogP contribution in [0.4, 0.5) is 0 Å². The number of benzene rings is 1. The molecule has 1 saturated carbocycles. The summed E-state index contributed by atoms with van der Waals surface area (Å²) in [5.41, 5.74) is 2.22. The van der Waals surface area contributed by atoms with E-state index >= 15 is 0 Å². The highest BCUT2D eigenvalue weighted by molar-refractivity contribution is 5.70. The maximum atomic E-state index is 11.0. The van der Waals surface area contributed by atoms with Crippen molar-refractivity contribution in [2.75, 3.05) is 0 Å². The van der Waals surface area contributed by atoms with Crippen LogP contribution in [0.3, 0.4) is 0 Å². The van der Waals surface area contributed by atoms with Gasteiger partial charge in [0.2, 0.25) is 11.7 Å². The second-order valence-corrected chi connectivity index (χ2v) is 6.78. The molecule has 0 aliphatic heterocycles. The van der Waals surface area contributed by atoms with Crippen molar-refractivity contribution in [3.8, 4) is 11.4 Å². The Morgan fingerprint density at radius 3 is 2.56 bits per heavy atom. The van der Waals surface area contributed by atoms with E-state index < -0.39 is 5.97 Å². The number of aryl methyl sites for hydroxylation is 1. The Morgan fingerprint density at radius 1 is 1.28 bits per heavy atom. The van der Waals surface area contributed by atoms with E-state index in [1.54, 1.807) is 0 Å². The van der Waals surface area contributed by atoms with Crippen LogP contribution >= 0.6 is 0 Å². The minimum absolute atomic E-state index is 0.0532. The SMILES string of the molecule is CCc1ccc(-c2noc(C(C)NC3CCC(C(=O)O)CC3)n2)cc1. The van der Waals surface area contributed by atoms with E-state index in [0.29, 0.717) is 17.8 Å². The molecule has 0 amide bonds. The number of nitrogens with zero attached hydrogens (tertiary/aromatic N) is 2. The lowest BCUT2D eigenvalue weighted by Gasteiger charge is -2.28. The van der Waals surface area contributed by atoms with Gasteiger partial charge in [0.15, 0.2) is 0 Å². The summed E-state index contributed by atoms with van der Waals surface area (Å²) in [4.78, 5) is 15.5. The van der Waals surface area contributed by atoms with Gasteiger partial charge in [-0.15, -0.1) is 0 Å². The minimum Gasteiger partial charge on any atom is -0.481 e. The molecular weight excluding hydrogens is 318 g/mol. The second kappa shape index (κ2) is 7.78. The molecule has 2 aromatic rings. The molecule has 3 rings (SSSR count). The number of carbonyl (C=O) groups is 1. The van der Waals surface area contributed by atoms with E-state index in [1.165, 1.54) is 5.56 Å². The fraction of sp³-hybridized carbons (Fsp3) is 0.526. The van der Waals surface area contributed by atoms with Crippen molar-refractivity contribution in [1.29, 1.82) is 0 Å². The summed E-state index contributed by atoms with van der Waals surface area (Å²) in [5, 5.41) is 16.7. The number of aromatic nitrogens is 2. The van der Waals surface area contributed by atoms with E-state index in [9.17, 15) is 4.79 Å². The van der Waals surface area contributed by atoms with Gasteiger partial charge in [0, 0.05) is 11.6 Å². The summed E-state index contributed by atoms with van der Waals surface area (Å²) < 4.78 is 5.42. The topological polar surface area (TPSA) is 88.2 Å². The third kappa shape index (κ3) is 4.25. The van der Waals surface area contributed by atoms with Crippen molar-refractivity contribution in [3.05, 3.63) is 35.7 Å². The van der Waals surface area contributed by atoms with E-state index in [0.717, 1.165) is 37.7 Å². The van der Waals surface area contributed by atoms with Crippen molar-refractivity contribution in [2.45, 2.75) is 58.0 Å². The van der Waals surface area contributed by atoms with Crippen LogP contribution in [-0.4, -0.2) is 27.3 Å². The minimum atomic E-state index is -0.679. The molecule has 6 heteroatoms. The highest BCUT2D eigenvalue weighted by Crippen LogP contribution is 2.26. The molecule has 0 radical (unpaired) electrons. The van der Waals surface area contributed by atoms with Crippen LogP contribution in [0.15, 0.2) is 28.8 Å². The molecule has 2 N–H and O–H groups in total. The van der Waals surface area contributed by atoms with Crippen molar-refractivity contribution in [3.63, 3.8) is 0 Å². The second-order valence-electron chi connectivity index (χ2n) is 6.78. The van der Waals surface area contributed by atoms with E-state index in [-0.39, 0.29) is 12.0 Å². The van der Waals surface area contributed by atoms with Crippen LogP contribution in [0, 0.1) is 5.92 Å². The van der Waals surface area contributed by atoms with Gasteiger partial charge < -0.3 is 14.9 Å². The molecule has 1 fully saturated rings. The number of hydrogen-bond acceptors (Lipinski definition) is 5. The smallest absolute Gasteiger partial charge is 0.306 e. The molecule has 6 nitrogen and oxygen atoms in total. The maximum Gasteiger partial charge on any atom is 0.306 e. The lowest BCUT2D eigenvalue weighted by atomic mass is 9.86. The number of rotatable bonds is 6. The average Bonchev–Trinajstić information content (AvgIpc) is 3.12. The zero-order valence-electron chi connectivity index (χ0n) is 14.7. The first-order chi connectivity index (χ1) is 12.1. The lowest BCUT2D eigenvalue weighted by Crippen LogP contribution is -2.36. The Hall–Kier alpha value is -2.21. The van der Waals surface area contributed by atoms with Crippen LogP contribution in [0.2, 0.25) is 0 Å². The monoisotopic (exact) mass is 343 g/mol. The van der Waals surface area contributed by atoms with E-state index in [4.69, 9.17) is 9.63 Å². The van der Waals surface area contributed by atoms with Gasteiger partial charge in [-0.3, -0.25) is 4.79 Å². The van der Waals surface area contributed by atoms with Crippen LogP contribution in [0.5, 0.6) is 0 Å². The van der Waals surface area contributed by atoms with Gasteiger partial charge in [-0.25, -0.2) is 0 Å². The third-order valence-corrected chi connectivity index (χ3v) is 4.99. The Balaban J connectivity index is 1.59. The van der Waals surface area contributed by atoms with Crippen LogP contribution < -0.4 is 5.32 Å². The first-order valence-electron chi connectivity index (χ1n) is 8.98. The number of hydrogen-bond donors (Lipinski definition) is 2. The molecular formula is C19H25N3O3. The zero-order chi connectivity index (χ0) is 17.8. The van der Waals surface area contributed by atoms with Crippen LogP contribution in [0.1, 0.15) is 57.0 Å². The molecule has 1 heterocycles. The van der Waals surface area contributed by atoms with Gasteiger partial charge in [0.25, 0.3) is 0 Å². The summed E-state index contributed by atoms with van der Waals surface area (Å²) in [7, 11) is 0. The summed E-state index contributed by atoms with van der Waals surface area (Å²) in [5.74, 6) is 0.285. The Bertz CT molecular complexity index is 703. The van der Waals surface area contributed by atoms with Crippen molar-refractivity contribution in [1.82, 2.24) is 15.5 Å². The largest absolute Gasteiger partial charge is 0.481 e. The zero-order valence-corrected chi connectivity index (χ0v) is 14.7. The van der Waals surface area contributed by atoms with Gasteiger partial charge in [0.05, 0.1) is 12.0 Å². The highest BCUT2D eigenvalue weighted by Gasteiger charge is 2.27. The van der Waals surface area contributed by atoms with E-state index in [2.05, 4.69) is 34.5 Å². The van der Waals surface area contributed by atoms with Gasteiger partial charge in [-0.2, -0.15) is 4.98 Å². The Kier molecular flexibility index (Phi) is 5.48. The van der Waals surface area contributed by atoms with Gasteiger partial charge in [-0.05, 0) is 44.6 Å². The van der Waals surface area contributed by atoms with Crippen molar-refractivity contribution < 1.29 is 14.4 Å². The number of aliphatic carboxylic acids is 1. The molecule has 0 saturated heterocycles. The predicted molar refractivity (Wildman–Crippen MR) is 94.0 cm³/mol. The molecule has 25 heavy (non-hydrogen) atoms. The quantitative estimate of drug-likeness (QED) is 0.833. The molecule has 1 aromatic carbocycles. The fourth-order valence-electron chi connectivity index (χ4n) is 3.35. The van der Waals surface area contributed by atoms with E-state index in [1.807, 2.05) is 19.1 Å². The number of carboxylic acids is 1. The molecule has 1 unspecified atom stereocenters. The molecule has 1 aliphatic rings. The third-order valence-electron chi connectivity index (χ3n) is 4.99. The maximum absolute atomic E-state index is 11.0. The highest BCUT2D eigenvalue weighted by atomic mass is 16.5. The molecule has 134 valence electrons. The van der Waals surface area contributed by atoms with Crippen LogP contribution in [0.25, 0.3) is 11.4 Å². The average molecular weight is 343 g/mol. The standard InChI is InChI=1S/C19H25N3O3/c1-3-13-4-6-14(7-5-13)17-21-18(25-22-17)12(2)20-16-10-8-15(9-11-16)19(23)24/h4-7,12,15-16,20H,3,8-11H2,1-2H3,(H,23,24). The summed E-state index contributed by atoms with van der Waals surface area (Å²) in [6, 6.07) is 8.42. The molecule has 1 aromatic heterocycles. The van der Waals surface area contributed by atoms with Gasteiger partial charge >= 0.3 is 5.97 Å². The molecule has 0 spiro atoms. The van der Waals surface area contributed by atoms with Crippen molar-refractivity contribution >= 4 is 5.97 Å². The van der Waals surface area contributed by atoms with Crippen LogP contribution in [-0.2, 0) is 11.2 Å². The normalized spacial score (nSPS) is 21.8. The summed E-state index contributed by atoms with van der Waals surface area (Å²) >= 11 is 0. The predicted octanol–water partition coefficient (Wildman–Crippen LogP) is 3.59. The first-order valence-corrected chi connectivity index (χ1v) is 8.98. The number of nitrogens with one attached hydrogen (secondary N) is 1. The molecule has 1 atom stereocenters.